The second-order valence-electron chi connectivity index (χ2n) is 8.41. The van der Waals surface area contributed by atoms with E-state index in [0.29, 0.717) is 11.2 Å². The molecule has 1 saturated heterocycles. The number of H-pyrrole nitrogens is 1. The van der Waals surface area contributed by atoms with Gasteiger partial charge in [0.05, 0.1) is 16.8 Å². The van der Waals surface area contributed by atoms with Crippen molar-refractivity contribution in [2.45, 2.75) is 26.2 Å². The number of hydrogen-bond acceptors (Lipinski definition) is 5. The predicted octanol–water partition coefficient (Wildman–Crippen LogP) is 4.68. The summed E-state index contributed by atoms with van der Waals surface area (Å²) in [6.07, 6.45) is 5.35. The number of nitrogens with zero attached hydrogens (tertiary/aromatic N) is 3. The maximum atomic E-state index is 12.6. The molecular weight excluding hydrogens is 398 g/mol. The molecule has 6 heteroatoms. The van der Waals surface area contributed by atoms with Crippen LogP contribution < -0.4 is 10.9 Å². The van der Waals surface area contributed by atoms with E-state index < -0.39 is 0 Å². The highest BCUT2D eigenvalue weighted by Crippen LogP contribution is 2.27. The standard InChI is InChI=1S/C26H27N5O/c1-18-5-4-6-22(28-18)23-17-20-11-13-27-26(32)24(20)25(30-23)29-21-9-7-19(8-10-21)12-16-31-14-2-3-15-31/h4-11,13,17H,2-3,12,14-16H2,1H3,(H,27,32)(H,29,30). The Morgan fingerprint density at radius 1 is 1.00 bits per heavy atom. The molecule has 32 heavy (non-hydrogen) atoms. The number of anilines is 2. The molecule has 0 amide bonds. The Morgan fingerprint density at radius 3 is 2.59 bits per heavy atom. The Bertz CT molecular complexity index is 1290. The summed E-state index contributed by atoms with van der Waals surface area (Å²) in [6.45, 7) is 5.51. The lowest BCUT2D eigenvalue weighted by molar-refractivity contribution is 0.343. The van der Waals surface area contributed by atoms with E-state index in [2.05, 4.69) is 44.5 Å². The molecule has 0 saturated carbocycles. The number of nitrogens with one attached hydrogen (secondary N) is 2. The highest BCUT2D eigenvalue weighted by atomic mass is 16.1. The van der Waals surface area contributed by atoms with Crippen molar-refractivity contribution in [2.75, 3.05) is 25.0 Å². The van der Waals surface area contributed by atoms with Gasteiger partial charge in [-0.25, -0.2) is 4.98 Å². The van der Waals surface area contributed by atoms with Crippen LogP contribution in [0.1, 0.15) is 24.1 Å². The molecule has 0 atom stereocenters. The van der Waals surface area contributed by atoms with Crippen LogP contribution in [0.15, 0.2) is 65.6 Å². The summed E-state index contributed by atoms with van der Waals surface area (Å²) < 4.78 is 0. The molecule has 162 valence electrons. The van der Waals surface area contributed by atoms with Crippen LogP contribution in [0.3, 0.4) is 0 Å². The minimum absolute atomic E-state index is 0.163. The molecule has 6 nitrogen and oxygen atoms in total. The van der Waals surface area contributed by atoms with Gasteiger partial charge in [-0.2, -0.15) is 0 Å². The monoisotopic (exact) mass is 425 g/mol. The third-order valence-electron chi connectivity index (χ3n) is 6.04. The van der Waals surface area contributed by atoms with Crippen molar-refractivity contribution in [1.82, 2.24) is 19.9 Å². The molecule has 0 bridgehead atoms. The molecule has 4 heterocycles. The van der Waals surface area contributed by atoms with Gasteiger partial charge < -0.3 is 15.2 Å². The quantitative estimate of drug-likeness (QED) is 0.469. The first-order chi connectivity index (χ1) is 15.7. The zero-order valence-corrected chi connectivity index (χ0v) is 18.3. The normalized spacial score (nSPS) is 14.2. The maximum absolute atomic E-state index is 12.6. The Balaban J connectivity index is 1.44. The molecule has 1 aliphatic rings. The van der Waals surface area contributed by atoms with Crippen molar-refractivity contribution in [3.63, 3.8) is 0 Å². The maximum Gasteiger partial charge on any atom is 0.259 e. The van der Waals surface area contributed by atoms with E-state index in [0.717, 1.165) is 41.1 Å². The number of likely N-dealkylation sites (tertiary alicyclic amines) is 1. The first-order valence-electron chi connectivity index (χ1n) is 11.2. The smallest absolute Gasteiger partial charge is 0.259 e. The number of rotatable bonds is 6. The van der Waals surface area contributed by atoms with Gasteiger partial charge in [-0.15, -0.1) is 0 Å². The molecule has 3 aromatic heterocycles. The van der Waals surface area contributed by atoms with Crippen LogP contribution in [-0.2, 0) is 6.42 Å². The van der Waals surface area contributed by atoms with Gasteiger partial charge in [0.1, 0.15) is 5.82 Å². The van der Waals surface area contributed by atoms with Gasteiger partial charge in [-0.3, -0.25) is 9.78 Å². The van der Waals surface area contributed by atoms with Crippen molar-refractivity contribution in [2.24, 2.45) is 0 Å². The zero-order chi connectivity index (χ0) is 21.9. The molecule has 4 aromatic rings. The van der Waals surface area contributed by atoms with Crippen molar-refractivity contribution < 1.29 is 0 Å². The van der Waals surface area contributed by atoms with E-state index in [9.17, 15) is 4.79 Å². The van der Waals surface area contributed by atoms with E-state index >= 15 is 0 Å². The molecule has 0 spiro atoms. The lowest BCUT2D eigenvalue weighted by Gasteiger charge is -2.15. The second kappa shape index (κ2) is 8.93. The minimum Gasteiger partial charge on any atom is -0.340 e. The van der Waals surface area contributed by atoms with E-state index in [-0.39, 0.29) is 5.56 Å². The predicted molar refractivity (Wildman–Crippen MR) is 129 cm³/mol. The van der Waals surface area contributed by atoms with E-state index in [1.165, 1.54) is 31.5 Å². The van der Waals surface area contributed by atoms with Gasteiger partial charge >= 0.3 is 0 Å². The summed E-state index contributed by atoms with van der Waals surface area (Å²) in [4.78, 5) is 27.3. The zero-order valence-electron chi connectivity index (χ0n) is 18.3. The third kappa shape index (κ3) is 4.41. The number of aromatic amines is 1. The third-order valence-corrected chi connectivity index (χ3v) is 6.04. The summed E-state index contributed by atoms with van der Waals surface area (Å²) >= 11 is 0. The van der Waals surface area contributed by atoms with Crippen molar-refractivity contribution in [3.8, 4) is 11.4 Å². The van der Waals surface area contributed by atoms with Crippen molar-refractivity contribution in [1.29, 1.82) is 0 Å². The van der Waals surface area contributed by atoms with Crippen LogP contribution in [0, 0.1) is 6.92 Å². The Kier molecular flexibility index (Phi) is 5.69. The Labute approximate surface area is 187 Å². The number of pyridine rings is 3. The fraction of sp³-hybridized carbons (Fsp3) is 0.269. The summed E-state index contributed by atoms with van der Waals surface area (Å²) in [5.41, 5.74) is 4.50. The number of aryl methyl sites for hydroxylation is 1. The fourth-order valence-corrected chi connectivity index (χ4v) is 4.31. The summed E-state index contributed by atoms with van der Waals surface area (Å²) in [6, 6.07) is 18.1. The van der Waals surface area contributed by atoms with Gasteiger partial charge in [0.2, 0.25) is 0 Å². The van der Waals surface area contributed by atoms with E-state index in [1.807, 2.05) is 37.3 Å². The van der Waals surface area contributed by atoms with Gasteiger partial charge in [-0.05, 0) is 86.6 Å². The van der Waals surface area contributed by atoms with Crippen LogP contribution in [-0.4, -0.2) is 39.5 Å². The van der Waals surface area contributed by atoms with Crippen LogP contribution in [0.2, 0.25) is 0 Å². The van der Waals surface area contributed by atoms with Crippen LogP contribution in [0.25, 0.3) is 22.2 Å². The lowest BCUT2D eigenvalue weighted by atomic mass is 10.1. The lowest BCUT2D eigenvalue weighted by Crippen LogP contribution is -2.21. The topological polar surface area (TPSA) is 73.9 Å². The molecular formula is C26H27N5O. The minimum atomic E-state index is -0.163. The second-order valence-corrected chi connectivity index (χ2v) is 8.41. The summed E-state index contributed by atoms with van der Waals surface area (Å²) in [5, 5.41) is 4.74. The highest BCUT2D eigenvalue weighted by Gasteiger charge is 2.13. The molecule has 0 unspecified atom stereocenters. The first-order valence-corrected chi connectivity index (χ1v) is 11.2. The Morgan fingerprint density at radius 2 is 1.81 bits per heavy atom. The first kappa shape index (κ1) is 20.4. The summed E-state index contributed by atoms with van der Waals surface area (Å²) in [5.74, 6) is 0.535. The fourth-order valence-electron chi connectivity index (χ4n) is 4.31. The highest BCUT2D eigenvalue weighted by molar-refractivity contribution is 5.94. The largest absolute Gasteiger partial charge is 0.340 e. The number of hydrogen-bond donors (Lipinski definition) is 2. The number of benzene rings is 1. The van der Waals surface area contributed by atoms with Gasteiger partial charge in [0.25, 0.3) is 5.56 Å². The number of aromatic nitrogens is 3. The van der Waals surface area contributed by atoms with Crippen LogP contribution in [0.5, 0.6) is 0 Å². The molecule has 0 aliphatic carbocycles. The summed E-state index contributed by atoms with van der Waals surface area (Å²) in [7, 11) is 0. The van der Waals surface area contributed by atoms with Gasteiger partial charge in [0, 0.05) is 24.1 Å². The van der Waals surface area contributed by atoms with Gasteiger partial charge in [-0.1, -0.05) is 18.2 Å². The molecule has 5 rings (SSSR count). The van der Waals surface area contributed by atoms with Gasteiger partial charge in [0.15, 0.2) is 0 Å². The molecule has 2 N–H and O–H groups in total. The van der Waals surface area contributed by atoms with Crippen LogP contribution >= 0.6 is 0 Å². The molecule has 1 aromatic carbocycles. The molecule has 1 aliphatic heterocycles. The van der Waals surface area contributed by atoms with Crippen molar-refractivity contribution >= 4 is 22.3 Å². The average Bonchev–Trinajstić information content (AvgIpc) is 3.32. The SMILES string of the molecule is Cc1cccc(-c2cc3cc[nH]c(=O)c3c(Nc3ccc(CCN4CCCC4)cc3)n2)n1. The average molecular weight is 426 g/mol. The van der Waals surface area contributed by atoms with E-state index in [1.54, 1.807) is 6.20 Å². The Hall–Kier alpha value is -3.51. The van der Waals surface area contributed by atoms with E-state index in [4.69, 9.17) is 4.98 Å². The molecule has 1 fully saturated rings. The van der Waals surface area contributed by atoms with Crippen molar-refractivity contribution in [3.05, 3.63) is 82.4 Å². The number of fused-ring (bicyclic) bond motifs is 1. The van der Waals surface area contributed by atoms with Crippen LogP contribution in [0.4, 0.5) is 11.5 Å². The molecule has 0 radical (unpaired) electrons.